The normalized spacial score (nSPS) is 11.9. The van der Waals surface area contributed by atoms with Gasteiger partial charge in [-0.1, -0.05) is 19.1 Å². The first-order valence-electron chi connectivity index (χ1n) is 6.38. The van der Waals surface area contributed by atoms with E-state index in [9.17, 15) is 10.1 Å². The summed E-state index contributed by atoms with van der Waals surface area (Å²) in [5, 5.41) is 10.6. The van der Waals surface area contributed by atoms with E-state index in [0.29, 0.717) is 11.5 Å². The van der Waals surface area contributed by atoms with Crippen molar-refractivity contribution in [1.29, 1.82) is 0 Å². The van der Waals surface area contributed by atoms with E-state index in [2.05, 4.69) is 0 Å². The van der Waals surface area contributed by atoms with E-state index in [-0.39, 0.29) is 11.7 Å². The molecule has 0 aromatic heterocycles. The van der Waals surface area contributed by atoms with Crippen molar-refractivity contribution >= 4 is 5.69 Å². The smallest absolute Gasteiger partial charge is 0.269 e. The average Bonchev–Trinajstić information content (AvgIpc) is 2.48. The van der Waals surface area contributed by atoms with Crippen LogP contribution in [0.3, 0.4) is 0 Å². The van der Waals surface area contributed by atoms with Crippen molar-refractivity contribution in [3.8, 4) is 11.5 Å². The van der Waals surface area contributed by atoms with Crippen LogP contribution in [0.4, 0.5) is 5.69 Å². The Labute approximate surface area is 117 Å². The summed E-state index contributed by atoms with van der Waals surface area (Å²) in [6.45, 7) is 2.03. The summed E-state index contributed by atoms with van der Waals surface area (Å²) >= 11 is 0. The maximum absolute atomic E-state index is 10.6. The van der Waals surface area contributed by atoms with Crippen molar-refractivity contribution in [2.24, 2.45) is 5.73 Å². The number of hydrogen-bond donors (Lipinski definition) is 1. The lowest BCUT2D eigenvalue weighted by Gasteiger charge is -2.10. The molecule has 5 nitrogen and oxygen atoms in total. The highest BCUT2D eigenvalue weighted by Gasteiger charge is 2.06. The van der Waals surface area contributed by atoms with Crippen LogP contribution in [0.25, 0.3) is 0 Å². The van der Waals surface area contributed by atoms with E-state index in [1.54, 1.807) is 12.1 Å². The summed E-state index contributed by atoms with van der Waals surface area (Å²) in [6.07, 6.45) is 0.878. The van der Waals surface area contributed by atoms with Gasteiger partial charge in [-0.25, -0.2) is 0 Å². The van der Waals surface area contributed by atoms with Crippen molar-refractivity contribution in [3.63, 3.8) is 0 Å². The first-order chi connectivity index (χ1) is 9.60. The molecular formula is C15H16N2O3. The molecule has 0 saturated heterocycles. The molecule has 2 aromatic carbocycles. The Bertz CT molecular complexity index is 579. The molecule has 2 rings (SSSR count). The Morgan fingerprint density at radius 2 is 1.60 bits per heavy atom. The van der Waals surface area contributed by atoms with Crippen molar-refractivity contribution in [2.45, 2.75) is 19.4 Å². The second-order valence-corrected chi connectivity index (χ2v) is 4.44. The van der Waals surface area contributed by atoms with Gasteiger partial charge in [0.25, 0.3) is 5.69 Å². The highest BCUT2D eigenvalue weighted by atomic mass is 16.6. The zero-order chi connectivity index (χ0) is 14.5. The number of hydrogen-bond acceptors (Lipinski definition) is 4. The van der Waals surface area contributed by atoms with E-state index < -0.39 is 4.92 Å². The Morgan fingerprint density at radius 1 is 1.10 bits per heavy atom. The molecule has 0 spiro atoms. The molecule has 0 fully saturated rings. The second kappa shape index (κ2) is 6.16. The third-order valence-corrected chi connectivity index (χ3v) is 3.03. The molecule has 2 N–H and O–H groups in total. The Hall–Kier alpha value is -2.40. The van der Waals surface area contributed by atoms with Crippen LogP contribution in [0.5, 0.6) is 11.5 Å². The number of benzene rings is 2. The van der Waals surface area contributed by atoms with E-state index in [4.69, 9.17) is 10.5 Å². The van der Waals surface area contributed by atoms with E-state index in [0.717, 1.165) is 12.0 Å². The third kappa shape index (κ3) is 3.33. The van der Waals surface area contributed by atoms with Crippen molar-refractivity contribution in [3.05, 3.63) is 64.2 Å². The molecule has 0 unspecified atom stereocenters. The first kappa shape index (κ1) is 14.0. The average molecular weight is 272 g/mol. The largest absolute Gasteiger partial charge is 0.457 e. The van der Waals surface area contributed by atoms with E-state index >= 15 is 0 Å². The van der Waals surface area contributed by atoms with Gasteiger partial charge in [0.05, 0.1) is 4.92 Å². The summed E-state index contributed by atoms with van der Waals surface area (Å²) < 4.78 is 5.62. The standard InChI is InChI=1S/C15H16N2O3/c1-2-15(16)11-3-7-13(8-4-11)20-14-9-5-12(6-10-14)17(18)19/h3-10,15H,2,16H2,1H3/t15-/m0/s1. The number of non-ortho nitro benzene ring substituents is 1. The molecule has 2 aromatic rings. The third-order valence-electron chi connectivity index (χ3n) is 3.03. The fourth-order valence-electron chi connectivity index (χ4n) is 1.79. The zero-order valence-corrected chi connectivity index (χ0v) is 11.2. The van der Waals surface area contributed by atoms with Crippen molar-refractivity contribution < 1.29 is 9.66 Å². The number of nitro groups is 1. The summed E-state index contributed by atoms with van der Waals surface area (Å²) in [5.41, 5.74) is 7.04. The topological polar surface area (TPSA) is 78.4 Å². The van der Waals surface area contributed by atoms with Crippen LogP contribution in [0.1, 0.15) is 24.9 Å². The fraction of sp³-hybridized carbons (Fsp3) is 0.200. The number of nitrogens with two attached hydrogens (primary N) is 1. The second-order valence-electron chi connectivity index (χ2n) is 4.44. The molecule has 0 bridgehead atoms. The van der Waals surface area contributed by atoms with Gasteiger partial charge in [-0.05, 0) is 36.2 Å². The van der Waals surface area contributed by atoms with Crippen LogP contribution >= 0.6 is 0 Å². The predicted molar refractivity (Wildman–Crippen MR) is 76.8 cm³/mol. The number of rotatable bonds is 5. The molecule has 0 aliphatic carbocycles. The Balaban J connectivity index is 2.08. The van der Waals surface area contributed by atoms with Crippen LogP contribution in [0, 0.1) is 10.1 Å². The lowest BCUT2D eigenvalue weighted by atomic mass is 10.1. The van der Waals surface area contributed by atoms with Crippen LogP contribution < -0.4 is 10.5 Å². The Morgan fingerprint density at radius 3 is 2.05 bits per heavy atom. The molecule has 1 atom stereocenters. The molecule has 20 heavy (non-hydrogen) atoms. The highest BCUT2D eigenvalue weighted by Crippen LogP contribution is 2.25. The Kier molecular flexibility index (Phi) is 4.32. The maximum atomic E-state index is 10.6. The van der Waals surface area contributed by atoms with Crippen LogP contribution in [-0.2, 0) is 0 Å². The van der Waals surface area contributed by atoms with Gasteiger partial charge >= 0.3 is 0 Å². The lowest BCUT2D eigenvalue weighted by Crippen LogP contribution is -2.07. The fourth-order valence-corrected chi connectivity index (χ4v) is 1.79. The molecule has 0 aliphatic heterocycles. The molecule has 104 valence electrons. The summed E-state index contributed by atoms with van der Waals surface area (Å²) in [6, 6.07) is 13.5. The molecule has 0 aliphatic rings. The minimum absolute atomic E-state index is 0.0309. The zero-order valence-electron chi connectivity index (χ0n) is 11.2. The van der Waals surface area contributed by atoms with Gasteiger partial charge in [0, 0.05) is 18.2 Å². The minimum Gasteiger partial charge on any atom is -0.457 e. The van der Waals surface area contributed by atoms with Crippen LogP contribution in [-0.4, -0.2) is 4.92 Å². The molecular weight excluding hydrogens is 256 g/mol. The molecule has 0 amide bonds. The van der Waals surface area contributed by atoms with Crippen LogP contribution in [0.2, 0.25) is 0 Å². The molecule has 0 radical (unpaired) electrons. The van der Waals surface area contributed by atoms with Gasteiger partial charge in [-0.2, -0.15) is 0 Å². The first-order valence-corrected chi connectivity index (χ1v) is 6.38. The van der Waals surface area contributed by atoms with Crippen LogP contribution in [0.15, 0.2) is 48.5 Å². The lowest BCUT2D eigenvalue weighted by molar-refractivity contribution is -0.384. The maximum Gasteiger partial charge on any atom is 0.269 e. The van der Waals surface area contributed by atoms with Crippen molar-refractivity contribution in [2.75, 3.05) is 0 Å². The quantitative estimate of drug-likeness (QED) is 0.663. The minimum atomic E-state index is -0.440. The van der Waals surface area contributed by atoms with Crippen molar-refractivity contribution in [1.82, 2.24) is 0 Å². The highest BCUT2D eigenvalue weighted by molar-refractivity contribution is 5.39. The van der Waals surface area contributed by atoms with Gasteiger partial charge in [0.2, 0.25) is 0 Å². The van der Waals surface area contributed by atoms with Gasteiger partial charge in [0.1, 0.15) is 11.5 Å². The van der Waals surface area contributed by atoms with E-state index in [1.807, 2.05) is 31.2 Å². The number of ether oxygens (including phenoxy) is 1. The molecule has 5 heteroatoms. The predicted octanol–water partition coefficient (Wildman–Crippen LogP) is 3.80. The van der Waals surface area contributed by atoms with E-state index in [1.165, 1.54) is 12.1 Å². The van der Waals surface area contributed by atoms with Gasteiger partial charge in [-0.3, -0.25) is 10.1 Å². The van der Waals surface area contributed by atoms with Gasteiger partial charge in [-0.15, -0.1) is 0 Å². The van der Waals surface area contributed by atoms with Gasteiger partial charge in [0.15, 0.2) is 0 Å². The summed E-state index contributed by atoms with van der Waals surface area (Å²) in [7, 11) is 0. The summed E-state index contributed by atoms with van der Waals surface area (Å²) in [4.78, 5) is 10.1. The molecule has 0 heterocycles. The number of nitrogens with zero attached hydrogens (tertiary/aromatic N) is 1. The SMILES string of the molecule is CC[C@H](N)c1ccc(Oc2ccc([N+](=O)[O-])cc2)cc1. The number of nitro benzene ring substituents is 1. The monoisotopic (exact) mass is 272 g/mol. The summed E-state index contributed by atoms with van der Waals surface area (Å²) in [5.74, 6) is 1.23. The molecule has 0 saturated carbocycles. The van der Waals surface area contributed by atoms with Gasteiger partial charge < -0.3 is 10.5 Å².